The maximum atomic E-state index is 13.2. The molecule has 1 aliphatic carbocycles. The second-order valence-electron chi connectivity index (χ2n) is 5.56. The molecule has 2 aromatic carbocycles. The van der Waals surface area contributed by atoms with Gasteiger partial charge in [-0.15, -0.1) is 23.2 Å². The molecular formula is C16H11Cl4FN2O. The fourth-order valence-corrected chi connectivity index (χ4v) is 4.03. The Hall–Kier alpha value is -1.20. The minimum absolute atomic E-state index is 0.0650. The molecular weight excluding hydrogens is 397 g/mol. The predicted molar refractivity (Wildman–Crippen MR) is 96.6 cm³/mol. The van der Waals surface area contributed by atoms with Gasteiger partial charge in [-0.3, -0.25) is 4.79 Å². The number of carbonyl (C=O) groups excluding carboxylic acids is 1. The van der Waals surface area contributed by atoms with Crippen LogP contribution in [0.25, 0.3) is 0 Å². The van der Waals surface area contributed by atoms with Gasteiger partial charge in [0.15, 0.2) is 0 Å². The molecule has 1 amide bonds. The standard InChI is InChI=1S/C16H11Cl4FN2O/c17-8-3-7(4-9(18)5-8)13-14(16(13,19)20)15(24)23-10-1-2-11(21)12(22)6-10/h1-6,13-14H,22H2,(H,23,24). The van der Waals surface area contributed by atoms with Gasteiger partial charge in [0, 0.05) is 21.7 Å². The Morgan fingerprint density at radius 3 is 2.33 bits per heavy atom. The summed E-state index contributed by atoms with van der Waals surface area (Å²) in [6.07, 6.45) is 0. The summed E-state index contributed by atoms with van der Waals surface area (Å²) in [6.45, 7) is 0. The molecule has 0 aromatic heterocycles. The normalized spacial score (nSPS) is 21.4. The highest BCUT2D eigenvalue weighted by Gasteiger charge is 2.67. The van der Waals surface area contributed by atoms with Crippen LogP contribution in [0.2, 0.25) is 10.0 Å². The Labute approximate surface area is 157 Å². The second kappa shape index (κ2) is 6.26. The zero-order chi connectivity index (χ0) is 17.6. The van der Waals surface area contributed by atoms with Crippen molar-refractivity contribution < 1.29 is 9.18 Å². The van der Waals surface area contributed by atoms with Gasteiger partial charge in [-0.25, -0.2) is 4.39 Å². The molecule has 0 bridgehead atoms. The number of amides is 1. The van der Waals surface area contributed by atoms with Gasteiger partial charge in [-0.1, -0.05) is 23.2 Å². The lowest BCUT2D eigenvalue weighted by Crippen LogP contribution is -2.17. The van der Waals surface area contributed by atoms with E-state index in [0.717, 1.165) is 0 Å². The summed E-state index contributed by atoms with van der Waals surface area (Å²) in [5.41, 5.74) is 6.46. The van der Waals surface area contributed by atoms with Crippen LogP contribution in [0, 0.1) is 11.7 Å². The predicted octanol–water partition coefficient (Wildman–Crippen LogP) is 5.24. The monoisotopic (exact) mass is 406 g/mol. The number of hydrogen-bond donors (Lipinski definition) is 2. The first-order valence-corrected chi connectivity index (χ1v) is 8.41. The number of benzene rings is 2. The minimum atomic E-state index is -1.27. The van der Waals surface area contributed by atoms with E-state index in [1.54, 1.807) is 18.2 Å². The SMILES string of the molecule is Nc1cc(NC(=O)C2C(c3cc(Cl)cc(Cl)c3)C2(Cl)Cl)ccc1F. The maximum absolute atomic E-state index is 13.2. The van der Waals surface area contributed by atoms with Gasteiger partial charge < -0.3 is 11.1 Å². The van der Waals surface area contributed by atoms with Crippen molar-refractivity contribution in [3.05, 3.63) is 57.8 Å². The Morgan fingerprint density at radius 2 is 1.75 bits per heavy atom. The van der Waals surface area contributed by atoms with Crippen LogP contribution >= 0.6 is 46.4 Å². The molecule has 0 aliphatic heterocycles. The summed E-state index contributed by atoms with van der Waals surface area (Å²) in [4.78, 5) is 12.5. The van der Waals surface area contributed by atoms with E-state index in [-0.39, 0.29) is 5.69 Å². The van der Waals surface area contributed by atoms with E-state index in [0.29, 0.717) is 21.3 Å². The molecule has 0 spiro atoms. The van der Waals surface area contributed by atoms with Crippen molar-refractivity contribution in [2.75, 3.05) is 11.1 Å². The molecule has 0 heterocycles. The van der Waals surface area contributed by atoms with Gasteiger partial charge in [0.1, 0.15) is 10.2 Å². The molecule has 1 fully saturated rings. The van der Waals surface area contributed by atoms with Crippen molar-refractivity contribution in [3.8, 4) is 0 Å². The van der Waals surface area contributed by atoms with Crippen LogP contribution in [0.5, 0.6) is 0 Å². The lowest BCUT2D eigenvalue weighted by atomic mass is 10.1. The number of anilines is 2. The quantitative estimate of drug-likeness (QED) is 0.539. The molecule has 24 heavy (non-hydrogen) atoms. The summed E-state index contributed by atoms with van der Waals surface area (Å²) in [7, 11) is 0. The van der Waals surface area contributed by atoms with Crippen molar-refractivity contribution in [2.24, 2.45) is 5.92 Å². The Bertz CT molecular complexity index is 807. The number of halogens is 5. The van der Waals surface area contributed by atoms with Crippen LogP contribution in [0.3, 0.4) is 0 Å². The van der Waals surface area contributed by atoms with Gasteiger partial charge in [-0.2, -0.15) is 0 Å². The van der Waals surface area contributed by atoms with Crippen molar-refractivity contribution >= 4 is 63.7 Å². The molecule has 1 saturated carbocycles. The van der Waals surface area contributed by atoms with Gasteiger partial charge in [-0.05, 0) is 42.0 Å². The van der Waals surface area contributed by atoms with Crippen LogP contribution < -0.4 is 11.1 Å². The molecule has 0 radical (unpaired) electrons. The lowest BCUT2D eigenvalue weighted by molar-refractivity contribution is -0.117. The number of nitrogens with two attached hydrogens (primary N) is 1. The van der Waals surface area contributed by atoms with Crippen LogP contribution in [0.1, 0.15) is 11.5 Å². The third-order valence-corrected chi connectivity index (χ3v) is 5.22. The van der Waals surface area contributed by atoms with Gasteiger partial charge >= 0.3 is 0 Å². The number of alkyl halides is 2. The highest BCUT2D eigenvalue weighted by molar-refractivity contribution is 6.53. The molecule has 2 unspecified atom stereocenters. The fourth-order valence-electron chi connectivity index (χ4n) is 2.66. The van der Waals surface area contributed by atoms with E-state index in [1.807, 2.05) is 0 Å². The topological polar surface area (TPSA) is 55.1 Å². The highest BCUT2D eigenvalue weighted by atomic mass is 35.5. The number of hydrogen-bond acceptors (Lipinski definition) is 2. The Morgan fingerprint density at radius 1 is 1.12 bits per heavy atom. The molecule has 1 aliphatic rings. The number of rotatable bonds is 3. The van der Waals surface area contributed by atoms with E-state index >= 15 is 0 Å². The second-order valence-corrected chi connectivity index (χ2v) is 7.88. The average molecular weight is 408 g/mol. The van der Waals surface area contributed by atoms with Gasteiger partial charge in [0.2, 0.25) is 5.91 Å². The largest absolute Gasteiger partial charge is 0.396 e. The van der Waals surface area contributed by atoms with E-state index in [4.69, 9.17) is 52.1 Å². The first-order chi connectivity index (χ1) is 11.2. The minimum Gasteiger partial charge on any atom is -0.396 e. The highest BCUT2D eigenvalue weighted by Crippen LogP contribution is 2.65. The van der Waals surface area contributed by atoms with Gasteiger partial charge in [0.25, 0.3) is 0 Å². The molecule has 126 valence electrons. The molecule has 3 N–H and O–H groups in total. The molecule has 2 atom stereocenters. The van der Waals surface area contributed by atoms with Crippen molar-refractivity contribution in [1.29, 1.82) is 0 Å². The molecule has 8 heteroatoms. The zero-order valence-corrected chi connectivity index (χ0v) is 15.0. The number of nitrogen functional groups attached to an aromatic ring is 1. The number of carbonyl (C=O) groups is 1. The summed E-state index contributed by atoms with van der Waals surface area (Å²) in [5, 5.41) is 3.50. The third-order valence-electron chi connectivity index (χ3n) is 3.84. The molecule has 3 nitrogen and oxygen atoms in total. The zero-order valence-electron chi connectivity index (χ0n) is 12.0. The van der Waals surface area contributed by atoms with Crippen molar-refractivity contribution in [1.82, 2.24) is 0 Å². The smallest absolute Gasteiger partial charge is 0.231 e. The Kier molecular flexibility index (Phi) is 4.60. The fraction of sp³-hybridized carbons (Fsp3) is 0.188. The molecule has 3 rings (SSSR count). The maximum Gasteiger partial charge on any atom is 0.231 e. The first kappa shape index (κ1) is 17.6. The lowest BCUT2D eigenvalue weighted by Gasteiger charge is -2.06. The van der Waals surface area contributed by atoms with Gasteiger partial charge in [0.05, 0.1) is 11.6 Å². The average Bonchev–Trinajstić information content (AvgIpc) is 3.05. The van der Waals surface area contributed by atoms with Crippen molar-refractivity contribution in [2.45, 2.75) is 10.3 Å². The van der Waals surface area contributed by atoms with E-state index in [1.165, 1.54) is 18.2 Å². The van der Waals surface area contributed by atoms with E-state index in [9.17, 15) is 9.18 Å². The summed E-state index contributed by atoms with van der Waals surface area (Å²) in [6, 6.07) is 8.81. The van der Waals surface area contributed by atoms with Crippen LogP contribution in [0.4, 0.5) is 15.8 Å². The summed E-state index contributed by atoms with van der Waals surface area (Å²) < 4.78 is 11.9. The third kappa shape index (κ3) is 3.29. The van der Waals surface area contributed by atoms with Crippen molar-refractivity contribution in [3.63, 3.8) is 0 Å². The van der Waals surface area contributed by atoms with Crippen LogP contribution in [0.15, 0.2) is 36.4 Å². The van der Waals surface area contributed by atoms with E-state index < -0.39 is 27.9 Å². The molecule has 2 aromatic rings. The first-order valence-electron chi connectivity index (χ1n) is 6.90. The summed E-state index contributed by atoms with van der Waals surface area (Å²) in [5.74, 6) is -2.10. The Balaban J connectivity index is 1.81. The molecule has 0 saturated heterocycles. The van der Waals surface area contributed by atoms with E-state index in [2.05, 4.69) is 5.32 Å². The van der Waals surface area contributed by atoms with Crippen LogP contribution in [-0.4, -0.2) is 10.2 Å². The van der Waals surface area contributed by atoms with Crippen LogP contribution in [-0.2, 0) is 4.79 Å². The summed E-state index contributed by atoms with van der Waals surface area (Å²) >= 11 is 24.5. The number of nitrogens with one attached hydrogen (secondary N) is 1.